The molecule has 0 radical (unpaired) electrons. The van der Waals surface area contributed by atoms with Crippen molar-refractivity contribution in [2.24, 2.45) is 0 Å². The predicted octanol–water partition coefficient (Wildman–Crippen LogP) is 3.55. The summed E-state index contributed by atoms with van der Waals surface area (Å²) in [5, 5.41) is 10.1. The number of hydrogen-bond donors (Lipinski definition) is 1. The summed E-state index contributed by atoms with van der Waals surface area (Å²) in [4.78, 5) is 2.20. The lowest BCUT2D eigenvalue weighted by Crippen LogP contribution is -2.26. The molecule has 2 nitrogen and oxygen atoms in total. The highest BCUT2D eigenvalue weighted by molar-refractivity contribution is 9.10. The van der Waals surface area contributed by atoms with Crippen molar-refractivity contribution in [2.45, 2.75) is 12.5 Å². The number of halogens is 1. The lowest BCUT2D eigenvalue weighted by molar-refractivity contribution is 0.148. The Bertz CT molecular complexity index is 382. The summed E-state index contributed by atoms with van der Waals surface area (Å²) in [6.45, 7) is 9.93. The third-order valence-corrected chi connectivity index (χ3v) is 3.22. The Morgan fingerprint density at radius 3 is 2.50 bits per heavy atom. The Labute approximate surface area is 118 Å². The summed E-state index contributed by atoms with van der Waals surface area (Å²) in [5.74, 6) is 0. The van der Waals surface area contributed by atoms with Gasteiger partial charge in [0.1, 0.15) is 0 Å². The molecule has 0 fully saturated rings. The molecule has 0 saturated carbocycles. The van der Waals surface area contributed by atoms with Gasteiger partial charge in [0.15, 0.2) is 0 Å². The van der Waals surface area contributed by atoms with Crippen LogP contribution in [0.1, 0.15) is 18.1 Å². The van der Waals surface area contributed by atoms with Crippen molar-refractivity contribution in [2.75, 3.05) is 19.6 Å². The van der Waals surface area contributed by atoms with E-state index in [2.05, 4.69) is 34.0 Å². The fourth-order valence-electron chi connectivity index (χ4n) is 1.81. The van der Waals surface area contributed by atoms with E-state index in [0.29, 0.717) is 6.42 Å². The van der Waals surface area contributed by atoms with Crippen LogP contribution in [0.3, 0.4) is 0 Å². The SMILES string of the molecule is C=CCN(CC=C)CCC(O)c1cccc(Br)c1. The maximum absolute atomic E-state index is 10.1. The fraction of sp³-hybridized carbons (Fsp3) is 0.333. The first-order valence-electron chi connectivity index (χ1n) is 6.05. The van der Waals surface area contributed by atoms with E-state index in [0.717, 1.165) is 29.7 Å². The smallest absolute Gasteiger partial charge is 0.0802 e. The third-order valence-electron chi connectivity index (χ3n) is 2.73. The van der Waals surface area contributed by atoms with Crippen molar-refractivity contribution in [1.82, 2.24) is 4.90 Å². The molecule has 0 bridgehead atoms. The van der Waals surface area contributed by atoms with E-state index in [1.807, 2.05) is 36.4 Å². The van der Waals surface area contributed by atoms with Gasteiger partial charge in [0, 0.05) is 24.1 Å². The van der Waals surface area contributed by atoms with Gasteiger partial charge < -0.3 is 5.11 Å². The molecule has 0 spiro atoms. The van der Waals surface area contributed by atoms with E-state index < -0.39 is 6.10 Å². The summed E-state index contributed by atoms with van der Waals surface area (Å²) in [6.07, 6.45) is 4.02. The Kier molecular flexibility index (Phi) is 6.94. The maximum atomic E-state index is 10.1. The number of rotatable bonds is 8. The normalized spacial score (nSPS) is 12.4. The van der Waals surface area contributed by atoms with Gasteiger partial charge in [-0.25, -0.2) is 0 Å². The quantitative estimate of drug-likeness (QED) is 0.742. The molecule has 0 aromatic heterocycles. The van der Waals surface area contributed by atoms with Crippen LogP contribution >= 0.6 is 15.9 Å². The average molecular weight is 310 g/mol. The molecule has 1 unspecified atom stereocenters. The van der Waals surface area contributed by atoms with Crippen LogP contribution < -0.4 is 0 Å². The topological polar surface area (TPSA) is 23.5 Å². The molecule has 0 aliphatic rings. The van der Waals surface area contributed by atoms with Crippen molar-refractivity contribution < 1.29 is 5.11 Å². The van der Waals surface area contributed by atoms with Crippen LogP contribution in [0.25, 0.3) is 0 Å². The molecule has 1 aromatic rings. The molecule has 1 aromatic carbocycles. The van der Waals surface area contributed by atoms with Crippen LogP contribution in [-0.2, 0) is 0 Å². The van der Waals surface area contributed by atoms with Crippen molar-refractivity contribution in [3.05, 3.63) is 59.6 Å². The number of aliphatic hydroxyl groups is 1. The van der Waals surface area contributed by atoms with E-state index in [-0.39, 0.29) is 0 Å². The zero-order valence-electron chi connectivity index (χ0n) is 10.6. The van der Waals surface area contributed by atoms with Crippen molar-refractivity contribution in [3.8, 4) is 0 Å². The molecule has 0 heterocycles. The fourth-order valence-corrected chi connectivity index (χ4v) is 2.22. The van der Waals surface area contributed by atoms with Gasteiger partial charge in [-0.1, -0.05) is 40.2 Å². The second kappa shape index (κ2) is 8.25. The van der Waals surface area contributed by atoms with Gasteiger partial charge in [0.25, 0.3) is 0 Å². The first-order valence-corrected chi connectivity index (χ1v) is 6.84. The maximum Gasteiger partial charge on any atom is 0.0802 e. The molecular weight excluding hydrogens is 290 g/mol. The average Bonchev–Trinajstić information content (AvgIpc) is 2.36. The van der Waals surface area contributed by atoms with Crippen molar-refractivity contribution in [1.29, 1.82) is 0 Å². The standard InChI is InChI=1S/C15H20BrNO/c1-3-9-17(10-4-2)11-8-15(18)13-6-5-7-14(16)12-13/h3-7,12,15,18H,1-2,8-11H2. The molecule has 0 aliphatic heterocycles. The van der Waals surface area contributed by atoms with E-state index in [9.17, 15) is 5.11 Å². The lowest BCUT2D eigenvalue weighted by atomic mass is 10.1. The predicted molar refractivity (Wildman–Crippen MR) is 80.6 cm³/mol. The van der Waals surface area contributed by atoms with E-state index in [1.54, 1.807) is 0 Å². The minimum Gasteiger partial charge on any atom is -0.388 e. The Hall–Kier alpha value is -0.900. The third kappa shape index (κ3) is 5.17. The number of nitrogens with zero attached hydrogens (tertiary/aromatic N) is 1. The van der Waals surface area contributed by atoms with Gasteiger partial charge in [-0.15, -0.1) is 13.2 Å². The van der Waals surface area contributed by atoms with E-state index in [1.165, 1.54) is 0 Å². The van der Waals surface area contributed by atoms with Crippen molar-refractivity contribution in [3.63, 3.8) is 0 Å². The second-order valence-electron chi connectivity index (χ2n) is 4.20. The molecular formula is C15H20BrNO. The monoisotopic (exact) mass is 309 g/mol. The summed E-state index contributed by atoms with van der Waals surface area (Å²) < 4.78 is 0.994. The van der Waals surface area contributed by atoms with Gasteiger partial charge in [-0.3, -0.25) is 4.90 Å². The van der Waals surface area contributed by atoms with Crippen molar-refractivity contribution >= 4 is 15.9 Å². The second-order valence-corrected chi connectivity index (χ2v) is 5.11. The van der Waals surface area contributed by atoms with Gasteiger partial charge in [0.2, 0.25) is 0 Å². The molecule has 3 heteroatoms. The molecule has 1 rings (SSSR count). The molecule has 1 atom stereocenters. The zero-order valence-corrected chi connectivity index (χ0v) is 12.1. The van der Waals surface area contributed by atoms with E-state index >= 15 is 0 Å². The largest absolute Gasteiger partial charge is 0.388 e. The van der Waals surface area contributed by atoms with Crippen LogP contribution in [0, 0.1) is 0 Å². The molecule has 1 N–H and O–H groups in total. The highest BCUT2D eigenvalue weighted by Gasteiger charge is 2.10. The van der Waals surface area contributed by atoms with Gasteiger partial charge in [-0.2, -0.15) is 0 Å². The van der Waals surface area contributed by atoms with Gasteiger partial charge >= 0.3 is 0 Å². The van der Waals surface area contributed by atoms with E-state index in [4.69, 9.17) is 0 Å². The number of aliphatic hydroxyl groups excluding tert-OH is 1. The summed E-state index contributed by atoms with van der Waals surface area (Å²) in [5.41, 5.74) is 0.946. The summed E-state index contributed by atoms with van der Waals surface area (Å²) in [7, 11) is 0. The van der Waals surface area contributed by atoms with Crippen LogP contribution in [0.5, 0.6) is 0 Å². The highest BCUT2D eigenvalue weighted by Crippen LogP contribution is 2.20. The Balaban J connectivity index is 2.50. The summed E-state index contributed by atoms with van der Waals surface area (Å²) in [6, 6.07) is 7.79. The van der Waals surface area contributed by atoms with Gasteiger partial charge in [0.05, 0.1) is 6.10 Å². The first kappa shape index (κ1) is 15.2. The number of hydrogen-bond acceptors (Lipinski definition) is 2. The lowest BCUT2D eigenvalue weighted by Gasteiger charge is -2.20. The molecule has 0 saturated heterocycles. The minimum atomic E-state index is -0.431. The van der Waals surface area contributed by atoms with Gasteiger partial charge in [-0.05, 0) is 24.1 Å². The number of benzene rings is 1. The van der Waals surface area contributed by atoms with Crippen LogP contribution in [-0.4, -0.2) is 29.6 Å². The van der Waals surface area contributed by atoms with Crippen LogP contribution in [0.2, 0.25) is 0 Å². The first-order chi connectivity index (χ1) is 8.67. The molecule has 18 heavy (non-hydrogen) atoms. The van der Waals surface area contributed by atoms with Crippen LogP contribution in [0.15, 0.2) is 54.0 Å². The molecule has 0 aliphatic carbocycles. The highest BCUT2D eigenvalue weighted by atomic mass is 79.9. The van der Waals surface area contributed by atoms with Crippen LogP contribution in [0.4, 0.5) is 0 Å². The molecule has 0 amide bonds. The Morgan fingerprint density at radius 1 is 1.28 bits per heavy atom. The Morgan fingerprint density at radius 2 is 1.94 bits per heavy atom. The minimum absolute atomic E-state index is 0.431. The summed E-state index contributed by atoms with van der Waals surface area (Å²) >= 11 is 3.41. The zero-order chi connectivity index (χ0) is 13.4. The molecule has 98 valence electrons.